The summed E-state index contributed by atoms with van der Waals surface area (Å²) in [5, 5.41) is 2.90. The Hall–Kier alpha value is -1.51. The predicted molar refractivity (Wildman–Crippen MR) is 88.1 cm³/mol. The fraction of sp³-hybridized carbons (Fsp3) is 0.611. The van der Waals surface area contributed by atoms with Gasteiger partial charge in [0.05, 0.1) is 0 Å². The van der Waals surface area contributed by atoms with E-state index in [1.54, 1.807) is 6.08 Å². The topological polar surface area (TPSA) is 42.2 Å². The third-order valence-electron chi connectivity index (χ3n) is 3.49. The Balaban J connectivity index is 1.97. The molecule has 0 aliphatic rings. The van der Waals surface area contributed by atoms with Crippen LogP contribution in [-0.4, -0.2) is 12.5 Å². The molecule has 0 aliphatic heterocycles. The van der Waals surface area contributed by atoms with Crippen LogP contribution in [0.1, 0.15) is 69.8 Å². The summed E-state index contributed by atoms with van der Waals surface area (Å²) in [7, 11) is 0. The largest absolute Gasteiger partial charge is 0.462 e. The summed E-state index contributed by atoms with van der Waals surface area (Å²) < 4.78 is 5.36. The number of hydrogen-bond acceptors (Lipinski definition) is 2. The minimum Gasteiger partial charge on any atom is -0.462 e. The number of amides is 1. The van der Waals surface area contributed by atoms with E-state index in [0.29, 0.717) is 0 Å². The average Bonchev–Trinajstić information content (AvgIpc) is 2.89. The second kappa shape index (κ2) is 11.2. The highest BCUT2D eigenvalue weighted by Crippen LogP contribution is 2.08. The van der Waals surface area contributed by atoms with E-state index in [-0.39, 0.29) is 5.91 Å². The molecule has 0 atom stereocenters. The molecule has 0 spiro atoms. The summed E-state index contributed by atoms with van der Waals surface area (Å²) in [4.78, 5) is 11.6. The summed E-state index contributed by atoms with van der Waals surface area (Å²) in [5.74, 6) is 1.52. The minimum absolute atomic E-state index is 0.0491. The van der Waals surface area contributed by atoms with Crippen LogP contribution in [0.4, 0.5) is 0 Å². The normalized spacial score (nSPS) is 11.1. The number of unbranched alkanes of at least 4 members (excludes halogenated alkanes) is 7. The van der Waals surface area contributed by atoms with E-state index in [0.717, 1.165) is 24.5 Å². The lowest BCUT2D eigenvalue weighted by Crippen LogP contribution is -2.21. The zero-order valence-corrected chi connectivity index (χ0v) is 13.5. The standard InChI is InChI=1S/C18H29NO2/c1-3-4-5-6-7-8-9-10-15-19-18(20)14-13-17-12-11-16(2)21-17/h11-14H,3-10,15H2,1-2H3,(H,19,20). The zero-order valence-electron chi connectivity index (χ0n) is 13.5. The van der Waals surface area contributed by atoms with E-state index in [9.17, 15) is 4.79 Å². The molecule has 0 fully saturated rings. The molecule has 21 heavy (non-hydrogen) atoms. The molecular formula is C18H29NO2. The van der Waals surface area contributed by atoms with E-state index in [2.05, 4.69) is 12.2 Å². The molecule has 1 N–H and O–H groups in total. The number of furan rings is 1. The Morgan fingerprint density at radius 2 is 1.76 bits per heavy atom. The van der Waals surface area contributed by atoms with Crippen molar-refractivity contribution in [1.29, 1.82) is 0 Å². The van der Waals surface area contributed by atoms with Crippen LogP contribution in [0.3, 0.4) is 0 Å². The molecule has 1 amide bonds. The SMILES string of the molecule is CCCCCCCCCCNC(=O)C=Cc1ccc(C)o1. The van der Waals surface area contributed by atoms with Crippen LogP contribution in [0.5, 0.6) is 0 Å². The van der Waals surface area contributed by atoms with Gasteiger partial charge in [-0.25, -0.2) is 0 Å². The van der Waals surface area contributed by atoms with Crippen LogP contribution in [0.25, 0.3) is 6.08 Å². The van der Waals surface area contributed by atoms with Gasteiger partial charge in [0.15, 0.2) is 0 Å². The van der Waals surface area contributed by atoms with Crippen molar-refractivity contribution in [2.45, 2.75) is 65.2 Å². The Labute approximate surface area is 128 Å². The molecule has 1 rings (SSSR count). The first-order chi connectivity index (χ1) is 10.2. The molecule has 0 saturated carbocycles. The van der Waals surface area contributed by atoms with Gasteiger partial charge in [-0.3, -0.25) is 4.79 Å². The van der Waals surface area contributed by atoms with Crippen molar-refractivity contribution in [3.05, 3.63) is 29.7 Å². The van der Waals surface area contributed by atoms with Crippen molar-refractivity contribution in [3.63, 3.8) is 0 Å². The molecule has 1 heterocycles. The molecule has 0 radical (unpaired) electrons. The fourth-order valence-electron chi connectivity index (χ4n) is 2.23. The maximum absolute atomic E-state index is 11.6. The third kappa shape index (κ3) is 9.11. The first kappa shape index (κ1) is 17.5. The molecule has 1 aromatic rings. The minimum atomic E-state index is -0.0491. The van der Waals surface area contributed by atoms with Gasteiger partial charge in [-0.1, -0.05) is 51.9 Å². The second-order valence-electron chi connectivity index (χ2n) is 5.55. The van der Waals surface area contributed by atoms with E-state index < -0.39 is 0 Å². The molecule has 0 aliphatic carbocycles. The van der Waals surface area contributed by atoms with Crippen LogP contribution in [0.2, 0.25) is 0 Å². The third-order valence-corrected chi connectivity index (χ3v) is 3.49. The summed E-state index contributed by atoms with van der Waals surface area (Å²) in [5.41, 5.74) is 0. The summed E-state index contributed by atoms with van der Waals surface area (Å²) in [6, 6.07) is 3.75. The van der Waals surface area contributed by atoms with Crippen LogP contribution in [0.15, 0.2) is 22.6 Å². The average molecular weight is 291 g/mol. The molecule has 0 bridgehead atoms. The molecule has 0 unspecified atom stereocenters. The van der Waals surface area contributed by atoms with Crippen molar-refractivity contribution >= 4 is 12.0 Å². The monoisotopic (exact) mass is 291 g/mol. The first-order valence-corrected chi connectivity index (χ1v) is 8.24. The van der Waals surface area contributed by atoms with Crippen LogP contribution in [-0.2, 0) is 4.79 Å². The van der Waals surface area contributed by atoms with Crippen molar-refractivity contribution < 1.29 is 9.21 Å². The van der Waals surface area contributed by atoms with Crippen LogP contribution >= 0.6 is 0 Å². The smallest absolute Gasteiger partial charge is 0.244 e. The Bertz CT molecular complexity index is 421. The molecule has 3 nitrogen and oxygen atoms in total. The summed E-state index contributed by atoms with van der Waals surface area (Å²) in [6.07, 6.45) is 13.5. The maximum atomic E-state index is 11.6. The summed E-state index contributed by atoms with van der Waals surface area (Å²) >= 11 is 0. The van der Waals surface area contributed by atoms with Gasteiger partial charge < -0.3 is 9.73 Å². The molecule has 3 heteroatoms. The number of hydrogen-bond donors (Lipinski definition) is 1. The van der Waals surface area contributed by atoms with E-state index in [1.807, 2.05) is 19.1 Å². The summed E-state index contributed by atoms with van der Waals surface area (Å²) in [6.45, 7) is 4.89. The highest BCUT2D eigenvalue weighted by molar-refractivity contribution is 5.91. The van der Waals surface area contributed by atoms with Gasteiger partial charge in [0.2, 0.25) is 5.91 Å². The van der Waals surface area contributed by atoms with Crippen molar-refractivity contribution in [2.75, 3.05) is 6.54 Å². The quantitative estimate of drug-likeness (QED) is 0.467. The number of carbonyl (C=O) groups excluding carboxylic acids is 1. The number of aryl methyl sites for hydroxylation is 1. The predicted octanol–water partition coefficient (Wildman–Crippen LogP) is 4.86. The number of nitrogens with one attached hydrogen (secondary N) is 1. The van der Waals surface area contributed by atoms with Crippen LogP contribution < -0.4 is 5.32 Å². The van der Waals surface area contributed by atoms with Crippen molar-refractivity contribution in [2.24, 2.45) is 0 Å². The highest BCUT2D eigenvalue weighted by Gasteiger charge is 1.97. The number of carbonyl (C=O) groups is 1. The molecular weight excluding hydrogens is 262 g/mol. The Kier molecular flexibility index (Phi) is 9.34. The molecule has 0 saturated heterocycles. The van der Waals surface area contributed by atoms with Gasteiger partial charge in [0.25, 0.3) is 0 Å². The van der Waals surface area contributed by atoms with Crippen molar-refractivity contribution in [1.82, 2.24) is 5.32 Å². The van der Waals surface area contributed by atoms with Crippen molar-refractivity contribution in [3.8, 4) is 0 Å². The van der Waals surface area contributed by atoms with E-state index in [4.69, 9.17) is 4.42 Å². The van der Waals surface area contributed by atoms with Gasteiger partial charge in [-0.15, -0.1) is 0 Å². The van der Waals surface area contributed by atoms with Gasteiger partial charge in [0, 0.05) is 12.6 Å². The Morgan fingerprint density at radius 3 is 2.38 bits per heavy atom. The lowest BCUT2D eigenvalue weighted by atomic mass is 10.1. The first-order valence-electron chi connectivity index (χ1n) is 8.24. The van der Waals surface area contributed by atoms with E-state index in [1.165, 1.54) is 51.0 Å². The van der Waals surface area contributed by atoms with Gasteiger partial charge in [-0.2, -0.15) is 0 Å². The highest BCUT2D eigenvalue weighted by atomic mass is 16.3. The second-order valence-corrected chi connectivity index (χ2v) is 5.55. The number of rotatable bonds is 11. The lowest BCUT2D eigenvalue weighted by Gasteiger charge is -2.02. The Morgan fingerprint density at radius 1 is 1.10 bits per heavy atom. The van der Waals surface area contributed by atoms with Crippen LogP contribution in [0, 0.1) is 6.92 Å². The molecule has 1 aromatic heterocycles. The van der Waals surface area contributed by atoms with Gasteiger partial charge in [-0.05, 0) is 31.6 Å². The molecule has 118 valence electrons. The molecule has 0 aromatic carbocycles. The fourth-order valence-corrected chi connectivity index (χ4v) is 2.23. The van der Waals surface area contributed by atoms with Gasteiger partial charge >= 0.3 is 0 Å². The van der Waals surface area contributed by atoms with Gasteiger partial charge in [0.1, 0.15) is 11.5 Å². The lowest BCUT2D eigenvalue weighted by molar-refractivity contribution is -0.116. The maximum Gasteiger partial charge on any atom is 0.244 e. The van der Waals surface area contributed by atoms with E-state index >= 15 is 0 Å². The zero-order chi connectivity index (χ0) is 15.3.